The van der Waals surface area contributed by atoms with Gasteiger partial charge >= 0.3 is 0 Å². The van der Waals surface area contributed by atoms with Crippen molar-refractivity contribution < 1.29 is 4.42 Å². The van der Waals surface area contributed by atoms with Crippen molar-refractivity contribution in [3.05, 3.63) is 60.2 Å². The quantitative estimate of drug-likeness (QED) is 0.444. The molecule has 0 radical (unpaired) electrons. The highest BCUT2D eigenvalue weighted by atomic mass is 16.3. The Balaban J connectivity index is 2.17. The summed E-state index contributed by atoms with van der Waals surface area (Å²) in [5.41, 5.74) is 3.30. The molecule has 0 atom stereocenters. The lowest BCUT2D eigenvalue weighted by molar-refractivity contribution is 0.669. The summed E-state index contributed by atoms with van der Waals surface area (Å²) >= 11 is 0. The van der Waals surface area contributed by atoms with Gasteiger partial charge in [-0.3, -0.25) is 0 Å². The number of rotatable bonds is 1. The topological polar surface area (TPSA) is 13.1 Å². The summed E-state index contributed by atoms with van der Waals surface area (Å²) in [6.45, 7) is 2.18. The van der Waals surface area contributed by atoms with Crippen molar-refractivity contribution in [2.75, 3.05) is 0 Å². The van der Waals surface area contributed by atoms with Crippen molar-refractivity contribution in [3.63, 3.8) is 0 Å². The number of hydrogen-bond donors (Lipinski definition) is 0. The molecule has 1 aromatic heterocycles. The highest BCUT2D eigenvalue weighted by Crippen LogP contribution is 2.32. The maximum absolute atomic E-state index is 5.96. The number of furan rings is 1. The standard InChI is InChI=1S/C18H14O/c1-2-12-7-8-17-15(9-12)16-10-13-5-3-4-6-14(13)11-18(16)19-17/h3-11H,2H2,1H3. The molecule has 19 heavy (non-hydrogen) atoms. The molecule has 0 aliphatic heterocycles. The minimum Gasteiger partial charge on any atom is -0.456 e. The SMILES string of the molecule is CCc1ccc2oc3cc4ccccc4cc3c2c1. The predicted molar refractivity (Wildman–Crippen MR) is 80.6 cm³/mol. The molecule has 0 fully saturated rings. The zero-order valence-corrected chi connectivity index (χ0v) is 10.8. The van der Waals surface area contributed by atoms with Gasteiger partial charge in [0.25, 0.3) is 0 Å². The van der Waals surface area contributed by atoms with E-state index in [9.17, 15) is 0 Å². The van der Waals surface area contributed by atoms with E-state index < -0.39 is 0 Å². The number of aryl methyl sites for hydroxylation is 1. The van der Waals surface area contributed by atoms with Gasteiger partial charge in [-0.1, -0.05) is 37.3 Å². The summed E-state index contributed by atoms with van der Waals surface area (Å²) in [7, 11) is 0. The molecule has 0 N–H and O–H groups in total. The van der Waals surface area contributed by atoms with Crippen LogP contribution in [0.25, 0.3) is 32.7 Å². The molecule has 4 aromatic rings. The van der Waals surface area contributed by atoms with Gasteiger partial charge < -0.3 is 4.42 Å². The molecule has 0 spiro atoms. The lowest BCUT2D eigenvalue weighted by Gasteiger charge is -1.97. The predicted octanol–water partition coefficient (Wildman–Crippen LogP) is 5.30. The first-order chi connectivity index (χ1) is 9.35. The fourth-order valence-electron chi connectivity index (χ4n) is 2.73. The zero-order chi connectivity index (χ0) is 12.8. The van der Waals surface area contributed by atoms with Crippen LogP contribution in [0.1, 0.15) is 12.5 Å². The van der Waals surface area contributed by atoms with Crippen molar-refractivity contribution >= 4 is 32.7 Å². The molecular weight excluding hydrogens is 232 g/mol. The van der Waals surface area contributed by atoms with E-state index in [1.165, 1.54) is 27.1 Å². The van der Waals surface area contributed by atoms with E-state index in [2.05, 4.69) is 61.5 Å². The highest BCUT2D eigenvalue weighted by Gasteiger charge is 2.08. The number of hydrogen-bond acceptors (Lipinski definition) is 1. The van der Waals surface area contributed by atoms with Crippen molar-refractivity contribution in [2.24, 2.45) is 0 Å². The lowest BCUT2D eigenvalue weighted by Crippen LogP contribution is -1.77. The summed E-state index contributed by atoms with van der Waals surface area (Å²) in [6.07, 6.45) is 1.05. The van der Waals surface area contributed by atoms with Crippen LogP contribution in [-0.2, 0) is 6.42 Å². The fourth-order valence-corrected chi connectivity index (χ4v) is 2.73. The summed E-state index contributed by atoms with van der Waals surface area (Å²) < 4.78 is 5.96. The molecule has 1 nitrogen and oxygen atoms in total. The van der Waals surface area contributed by atoms with Gasteiger partial charge in [0.1, 0.15) is 11.2 Å². The molecule has 0 aliphatic rings. The van der Waals surface area contributed by atoms with E-state index in [0.717, 1.165) is 17.6 Å². The summed E-state index contributed by atoms with van der Waals surface area (Å²) in [5, 5.41) is 4.92. The number of benzene rings is 3. The minimum atomic E-state index is 0.974. The Kier molecular flexibility index (Phi) is 2.16. The maximum atomic E-state index is 5.96. The first-order valence-corrected chi connectivity index (χ1v) is 6.69. The number of fused-ring (bicyclic) bond motifs is 4. The Morgan fingerprint density at radius 3 is 2.32 bits per heavy atom. The maximum Gasteiger partial charge on any atom is 0.136 e. The first-order valence-electron chi connectivity index (χ1n) is 6.69. The molecule has 4 rings (SSSR count). The second-order valence-electron chi connectivity index (χ2n) is 4.98. The minimum absolute atomic E-state index is 0.974. The third-order valence-electron chi connectivity index (χ3n) is 3.81. The van der Waals surface area contributed by atoms with Gasteiger partial charge in [-0.05, 0) is 47.0 Å². The molecule has 0 unspecified atom stereocenters. The molecule has 0 saturated carbocycles. The molecule has 0 bridgehead atoms. The van der Waals surface area contributed by atoms with Crippen molar-refractivity contribution in [1.82, 2.24) is 0 Å². The normalized spacial score (nSPS) is 11.6. The van der Waals surface area contributed by atoms with E-state index >= 15 is 0 Å². The van der Waals surface area contributed by atoms with Crippen molar-refractivity contribution in [2.45, 2.75) is 13.3 Å². The fraction of sp³-hybridized carbons (Fsp3) is 0.111. The van der Waals surface area contributed by atoms with Gasteiger partial charge in [-0.15, -0.1) is 0 Å². The molecule has 0 aliphatic carbocycles. The van der Waals surface area contributed by atoms with Crippen LogP contribution in [-0.4, -0.2) is 0 Å². The second kappa shape index (κ2) is 3.86. The van der Waals surface area contributed by atoms with Crippen LogP contribution in [0.4, 0.5) is 0 Å². The van der Waals surface area contributed by atoms with Gasteiger partial charge in [0.2, 0.25) is 0 Å². The Morgan fingerprint density at radius 2 is 1.53 bits per heavy atom. The van der Waals surface area contributed by atoms with E-state index in [4.69, 9.17) is 4.42 Å². The van der Waals surface area contributed by atoms with Crippen LogP contribution in [0.2, 0.25) is 0 Å². The summed E-state index contributed by atoms with van der Waals surface area (Å²) in [6, 6.07) is 19.3. The summed E-state index contributed by atoms with van der Waals surface area (Å²) in [4.78, 5) is 0. The van der Waals surface area contributed by atoms with Crippen LogP contribution in [0, 0.1) is 0 Å². The van der Waals surface area contributed by atoms with E-state index in [-0.39, 0.29) is 0 Å². The van der Waals surface area contributed by atoms with Gasteiger partial charge in [0.15, 0.2) is 0 Å². The van der Waals surface area contributed by atoms with Crippen LogP contribution in [0.15, 0.2) is 59.0 Å². The first kappa shape index (κ1) is 10.6. The molecule has 92 valence electrons. The molecule has 0 amide bonds. The molecule has 3 aromatic carbocycles. The van der Waals surface area contributed by atoms with Crippen molar-refractivity contribution in [3.8, 4) is 0 Å². The van der Waals surface area contributed by atoms with Gasteiger partial charge in [-0.25, -0.2) is 0 Å². The molecule has 1 heteroatoms. The monoisotopic (exact) mass is 246 g/mol. The molecule has 0 saturated heterocycles. The van der Waals surface area contributed by atoms with Crippen molar-refractivity contribution in [1.29, 1.82) is 0 Å². The smallest absolute Gasteiger partial charge is 0.136 e. The Labute approximate surface area is 111 Å². The van der Waals surface area contributed by atoms with E-state index in [1.54, 1.807) is 0 Å². The van der Waals surface area contributed by atoms with Crippen LogP contribution >= 0.6 is 0 Å². The van der Waals surface area contributed by atoms with Gasteiger partial charge in [0.05, 0.1) is 0 Å². The highest BCUT2D eigenvalue weighted by molar-refractivity contribution is 6.10. The lowest BCUT2D eigenvalue weighted by atomic mass is 10.0. The Bertz CT molecular complexity index is 899. The third-order valence-corrected chi connectivity index (χ3v) is 3.81. The average Bonchev–Trinajstić information content (AvgIpc) is 2.81. The second-order valence-corrected chi connectivity index (χ2v) is 4.98. The zero-order valence-electron chi connectivity index (χ0n) is 10.8. The average molecular weight is 246 g/mol. The Hall–Kier alpha value is -2.28. The van der Waals surface area contributed by atoms with Gasteiger partial charge in [-0.2, -0.15) is 0 Å². The summed E-state index contributed by atoms with van der Waals surface area (Å²) in [5.74, 6) is 0. The molecule has 1 heterocycles. The van der Waals surface area contributed by atoms with E-state index in [1.807, 2.05) is 0 Å². The van der Waals surface area contributed by atoms with Crippen LogP contribution in [0.5, 0.6) is 0 Å². The largest absolute Gasteiger partial charge is 0.456 e. The van der Waals surface area contributed by atoms with Crippen LogP contribution in [0.3, 0.4) is 0 Å². The van der Waals surface area contributed by atoms with E-state index in [0.29, 0.717) is 0 Å². The molecular formula is C18H14O. The van der Waals surface area contributed by atoms with Gasteiger partial charge in [0, 0.05) is 10.8 Å². The van der Waals surface area contributed by atoms with Crippen LogP contribution < -0.4 is 0 Å². The Morgan fingerprint density at radius 1 is 0.789 bits per heavy atom. The third kappa shape index (κ3) is 1.55.